The van der Waals surface area contributed by atoms with Crippen LogP contribution in [-0.2, 0) is 0 Å². The highest BCUT2D eigenvalue weighted by Gasteiger charge is 2.24. The smallest absolute Gasteiger partial charge is 0.0104 e. The van der Waals surface area contributed by atoms with Crippen molar-refractivity contribution in [1.29, 1.82) is 0 Å². The maximum atomic E-state index is 3.61. The summed E-state index contributed by atoms with van der Waals surface area (Å²) >= 11 is 3.61. The van der Waals surface area contributed by atoms with E-state index in [1.165, 1.54) is 63.6 Å². The minimum Gasteiger partial charge on any atom is -0.303 e. The van der Waals surface area contributed by atoms with E-state index in [2.05, 4.69) is 32.8 Å². The van der Waals surface area contributed by atoms with Crippen molar-refractivity contribution in [2.75, 3.05) is 38.6 Å². The number of nitrogens with zero attached hydrogens (tertiary/aromatic N) is 2. The Morgan fingerprint density at radius 1 is 1.19 bits per heavy atom. The highest BCUT2D eigenvalue weighted by molar-refractivity contribution is 9.09. The van der Waals surface area contributed by atoms with Gasteiger partial charge in [0.2, 0.25) is 0 Å². The van der Waals surface area contributed by atoms with Crippen molar-refractivity contribution in [3.8, 4) is 0 Å². The van der Waals surface area contributed by atoms with Crippen LogP contribution in [0.1, 0.15) is 32.1 Å². The third-order valence-electron chi connectivity index (χ3n) is 4.29. The van der Waals surface area contributed by atoms with Crippen LogP contribution in [0.3, 0.4) is 0 Å². The summed E-state index contributed by atoms with van der Waals surface area (Å²) in [4.78, 5) is 5.23. The molecule has 0 spiro atoms. The Morgan fingerprint density at radius 2 is 2.06 bits per heavy atom. The molecule has 0 N–H and O–H groups in total. The third kappa shape index (κ3) is 3.44. The normalized spacial score (nSPS) is 33.4. The summed E-state index contributed by atoms with van der Waals surface area (Å²) in [6.07, 6.45) is 7.05. The molecule has 2 unspecified atom stereocenters. The van der Waals surface area contributed by atoms with Crippen LogP contribution in [0.2, 0.25) is 0 Å². The first kappa shape index (κ1) is 12.8. The molecule has 0 aromatic carbocycles. The zero-order chi connectivity index (χ0) is 11.4. The lowest BCUT2D eigenvalue weighted by Crippen LogP contribution is -2.38. The minimum atomic E-state index is 0.858. The highest BCUT2D eigenvalue weighted by Crippen LogP contribution is 2.21. The van der Waals surface area contributed by atoms with Crippen LogP contribution in [0, 0.1) is 5.92 Å². The van der Waals surface area contributed by atoms with Gasteiger partial charge in [0, 0.05) is 17.9 Å². The standard InChI is InChI=1S/C13H25BrN2/c1-15-7-3-2-4-13(15)6-9-16-8-5-12(10-14)11-16/h12-13H,2-11H2,1H3. The number of halogens is 1. The maximum Gasteiger partial charge on any atom is 0.0104 e. The van der Waals surface area contributed by atoms with Gasteiger partial charge in [0.25, 0.3) is 0 Å². The zero-order valence-electron chi connectivity index (χ0n) is 10.5. The molecule has 2 nitrogen and oxygen atoms in total. The van der Waals surface area contributed by atoms with Crippen LogP contribution in [-0.4, -0.2) is 54.4 Å². The Labute approximate surface area is 108 Å². The molecule has 0 radical (unpaired) electrons. The van der Waals surface area contributed by atoms with E-state index in [0.717, 1.165) is 12.0 Å². The van der Waals surface area contributed by atoms with Crippen molar-refractivity contribution >= 4 is 15.9 Å². The quantitative estimate of drug-likeness (QED) is 0.734. The molecule has 16 heavy (non-hydrogen) atoms. The molecule has 2 rings (SSSR count). The predicted molar refractivity (Wildman–Crippen MR) is 73.2 cm³/mol. The van der Waals surface area contributed by atoms with Gasteiger partial charge in [0.1, 0.15) is 0 Å². The van der Waals surface area contributed by atoms with Gasteiger partial charge in [0.05, 0.1) is 0 Å². The molecule has 0 saturated carbocycles. The first-order valence-electron chi connectivity index (χ1n) is 6.78. The van der Waals surface area contributed by atoms with Crippen LogP contribution in [0.4, 0.5) is 0 Å². The van der Waals surface area contributed by atoms with Gasteiger partial charge in [-0.1, -0.05) is 22.4 Å². The van der Waals surface area contributed by atoms with Crippen molar-refractivity contribution in [1.82, 2.24) is 9.80 Å². The van der Waals surface area contributed by atoms with Gasteiger partial charge in [-0.05, 0) is 58.3 Å². The Hall–Kier alpha value is 0.400. The number of hydrogen-bond donors (Lipinski definition) is 0. The number of hydrogen-bond acceptors (Lipinski definition) is 2. The molecule has 2 aliphatic rings. The van der Waals surface area contributed by atoms with Crippen molar-refractivity contribution < 1.29 is 0 Å². The molecule has 2 atom stereocenters. The fraction of sp³-hybridized carbons (Fsp3) is 1.00. The van der Waals surface area contributed by atoms with Crippen molar-refractivity contribution in [2.45, 2.75) is 38.1 Å². The van der Waals surface area contributed by atoms with E-state index < -0.39 is 0 Å². The lowest BCUT2D eigenvalue weighted by molar-refractivity contribution is 0.159. The number of rotatable bonds is 4. The molecule has 0 aliphatic carbocycles. The second kappa shape index (κ2) is 6.36. The van der Waals surface area contributed by atoms with Gasteiger partial charge in [0.15, 0.2) is 0 Å². The van der Waals surface area contributed by atoms with Crippen LogP contribution < -0.4 is 0 Å². The number of likely N-dealkylation sites (tertiary alicyclic amines) is 2. The molecule has 0 aromatic heterocycles. The number of piperidine rings is 1. The molecule has 2 saturated heterocycles. The average Bonchev–Trinajstić information content (AvgIpc) is 2.76. The SMILES string of the molecule is CN1CCCCC1CCN1CCC(CBr)C1. The van der Waals surface area contributed by atoms with E-state index in [4.69, 9.17) is 0 Å². The van der Waals surface area contributed by atoms with Gasteiger partial charge in [-0.15, -0.1) is 0 Å². The molecule has 94 valence electrons. The average molecular weight is 289 g/mol. The first-order chi connectivity index (χ1) is 7.79. The molecule has 0 aromatic rings. The largest absolute Gasteiger partial charge is 0.303 e. The summed E-state index contributed by atoms with van der Waals surface area (Å²) in [5.41, 5.74) is 0. The van der Waals surface area contributed by atoms with E-state index >= 15 is 0 Å². The van der Waals surface area contributed by atoms with E-state index in [0.29, 0.717) is 0 Å². The maximum absolute atomic E-state index is 3.61. The van der Waals surface area contributed by atoms with Crippen LogP contribution >= 0.6 is 15.9 Å². The summed E-state index contributed by atoms with van der Waals surface area (Å²) in [5, 5.41) is 1.19. The summed E-state index contributed by atoms with van der Waals surface area (Å²) in [7, 11) is 2.30. The number of alkyl halides is 1. The summed E-state index contributed by atoms with van der Waals surface area (Å²) in [6.45, 7) is 5.28. The minimum absolute atomic E-state index is 0.858. The van der Waals surface area contributed by atoms with Gasteiger partial charge >= 0.3 is 0 Å². The van der Waals surface area contributed by atoms with E-state index in [9.17, 15) is 0 Å². The Bertz CT molecular complexity index is 210. The summed E-state index contributed by atoms with van der Waals surface area (Å²) in [5.74, 6) is 0.907. The molecular formula is C13H25BrN2. The van der Waals surface area contributed by atoms with Crippen LogP contribution in [0.5, 0.6) is 0 Å². The van der Waals surface area contributed by atoms with E-state index in [1.54, 1.807) is 0 Å². The Morgan fingerprint density at radius 3 is 2.75 bits per heavy atom. The monoisotopic (exact) mass is 288 g/mol. The van der Waals surface area contributed by atoms with Crippen molar-refractivity contribution in [2.24, 2.45) is 5.92 Å². The first-order valence-corrected chi connectivity index (χ1v) is 7.90. The molecule has 2 aliphatic heterocycles. The lowest BCUT2D eigenvalue weighted by atomic mass is 10.00. The highest BCUT2D eigenvalue weighted by atomic mass is 79.9. The lowest BCUT2D eigenvalue weighted by Gasteiger charge is -2.33. The molecule has 2 heterocycles. The molecule has 0 amide bonds. The van der Waals surface area contributed by atoms with E-state index in [1.807, 2.05) is 0 Å². The van der Waals surface area contributed by atoms with Gasteiger partial charge < -0.3 is 9.80 Å². The molecular weight excluding hydrogens is 264 g/mol. The van der Waals surface area contributed by atoms with Gasteiger partial charge in [-0.25, -0.2) is 0 Å². The van der Waals surface area contributed by atoms with Gasteiger partial charge in [-0.3, -0.25) is 0 Å². The Kier molecular flexibility index (Phi) is 5.11. The molecule has 0 bridgehead atoms. The zero-order valence-corrected chi connectivity index (χ0v) is 12.1. The van der Waals surface area contributed by atoms with Crippen LogP contribution in [0.25, 0.3) is 0 Å². The second-order valence-electron chi connectivity index (χ2n) is 5.53. The van der Waals surface area contributed by atoms with Gasteiger partial charge in [-0.2, -0.15) is 0 Å². The fourth-order valence-corrected chi connectivity index (χ4v) is 3.61. The topological polar surface area (TPSA) is 6.48 Å². The summed E-state index contributed by atoms with van der Waals surface area (Å²) < 4.78 is 0. The molecule has 2 fully saturated rings. The predicted octanol–water partition coefficient (Wildman–Crippen LogP) is 2.58. The van der Waals surface area contributed by atoms with E-state index in [-0.39, 0.29) is 0 Å². The second-order valence-corrected chi connectivity index (χ2v) is 6.18. The third-order valence-corrected chi connectivity index (χ3v) is 5.20. The fourth-order valence-electron chi connectivity index (χ4n) is 3.08. The summed E-state index contributed by atoms with van der Waals surface area (Å²) in [6, 6.07) is 0.858. The van der Waals surface area contributed by atoms with Crippen LogP contribution in [0.15, 0.2) is 0 Å². The molecule has 3 heteroatoms. The van der Waals surface area contributed by atoms with Crippen molar-refractivity contribution in [3.05, 3.63) is 0 Å². The Balaban J connectivity index is 1.67. The van der Waals surface area contributed by atoms with Crippen molar-refractivity contribution in [3.63, 3.8) is 0 Å².